The Morgan fingerprint density at radius 1 is 1.11 bits per heavy atom. The lowest BCUT2D eigenvalue weighted by Gasteiger charge is -2.43. The van der Waals surface area contributed by atoms with Crippen LogP contribution in [0.4, 0.5) is 0 Å². The summed E-state index contributed by atoms with van der Waals surface area (Å²) in [5, 5.41) is 0.0452. The zero-order valence-corrected chi connectivity index (χ0v) is 31.9. The SMILES string of the molecule is C=C1C[C@H]2CCC[C@H](OC(C)=O)C[C@@H](c3coc(/C=C(/C)[C@@H](C)OC)n3)OC(=O)[C@@H](C)C[C@H](C)[C@@H](O[Si](C)(C)C(C)(C)C)C[C@@H](C1)O2. The van der Waals surface area contributed by atoms with Gasteiger partial charge in [-0.25, -0.2) is 4.98 Å². The molecule has 3 heterocycles. The molecule has 0 N–H and O–H groups in total. The average molecular weight is 676 g/mol. The molecular weight excluding hydrogens is 614 g/mol. The van der Waals surface area contributed by atoms with Crippen LogP contribution in [-0.2, 0) is 33.0 Å². The van der Waals surface area contributed by atoms with E-state index < -0.39 is 26.4 Å². The van der Waals surface area contributed by atoms with Crippen LogP contribution < -0.4 is 0 Å². The first kappa shape index (κ1) is 39.2. The summed E-state index contributed by atoms with van der Waals surface area (Å²) in [6.07, 6.45) is 7.45. The van der Waals surface area contributed by atoms with E-state index in [9.17, 15) is 9.59 Å². The molecule has 0 radical (unpaired) electrons. The maximum atomic E-state index is 13.8. The van der Waals surface area contributed by atoms with E-state index in [1.54, 1.807) is 7.11 Å². The van der Waals surface area contributed by atoms with Crippen LogP contribution in [0.1, 0.15) is 124 Å². The lowest BCUT2D eigenvalue weighted by atomic mass is 9.87. The van der Waals surface area contributed by atoms with Gasteiger partial charge < -0.3 is 27.8 Å². The minimum atomic E-state index is -2.12. The molecule has 0 aliphatic carbocycles. The number of carbonyl (C=O) groups excluding carboxylic acids is 2. The zero-order chi connectivity index (χ0) is 35.1. The molecule has 2 bridgehead atoms. The van der Waals surface area contributed by atoms with Crippen molar-refractivity contribution in [2.24, 2.45) is 11.8 Å². The fraction of sp³-hybridized carbons (Fsp3) is 0.757. The minimum absolute atomic E-state index is 0.00759. The number of nitrogens with zero attached hydrogens (tertiary/aromatic N) is 1. The van der Waals surface area contributed by atoms with E-state index in [0.29, 0.717) is 24.4 Å². The van der Waals surface area contributed by atoms with Crippen LogP contribution in [0.3, 0.4) is 0 Å². The van der Waals surface area contributed by atoms with Crippen LogP contribution in [0, 0.1) is 11.8 Å². The number of hydrogen-bond donors (Lipinski definition) is 0. The smallest absolute Gasteiger partial charge is 0.309 e. The molecule has 0 aromatic carbocycles. The molecule has 2 saturated heterocycles. The van der Waals surface area contributed by atoms with E-state index >= 15 is 0 Å². The molecule has 0 spiro atoms. The molecule has 1 aromatic heterocycles. The maximum Gasteiger partial charge on any atom is 0.309 e. The van der Waals surface area contributed by atoms with Crippen LogP contribution in [0.2, 0.25) is 18.1 Å². The number of ether oxygens (including phenoxy) is 4. The zero-order valence-electron chi connectivity index (χ0n) is 30.9. The van der Waals surface area contributed by atoms with Crippen LogP contribution in [0.5, 0.6) is 0 Å². The van der Waals surface area contributed by atoms with Gasteiger partial charge in [0.2, 0.25) is 5.89 Å². The lowest BCUT2D eigenvalue weighted by Crippen LogP contribution is -2.47. The highest BCUT2D eigenvalue weighted by Crippen LogP contribution is 2.41. The third-order valence-corrected chi connectivity index (χ3v) is 14.8. The molecule has 8 atom stereocenters. The van der Waals surface area contributed by atoms with E-state index in [0.717, 1.165) is 37.7 Å². The van der Waals surface area contributed by atoms with Gasteiger partial charge in [-0.1, -0.05) is 46.8 Å². The highest BCUT2D eigenvalue weighted by Gasteiger charge is 2.42. The predicted octanol–water partition coefficient (Wildman–Crippen LogP) is 8.75. The molecule has 0 saturated carbocycles. The number of oxazole rings is 1. The lowest BCUT2D eigenvalue weighted by molar-refractivity contribution is -0.159. The first-order valence-electron chi connectivity index (χ1n) is 17.4. The summed E-state index contributed by atoms with van der Waals surface area (Å²) in [6, 6.07) is 0. The first-order valence-corrected chi connectivity index (χ1v) is 20.3. The number of fused-ring (bicyclic) bond motifs is 2. The van der Waals surface area contributed by atoms with Crippen molar-refractivity contribution < 1.29 is 37.4 Å². The molecule has 9 nitrogen and oxygen atoms in total. The standard InChI is InChI=1S/C37H61NO8Si/c1-23-16-29-14-13-15-30(43-28(6)39)20-34(32-22-42-35(38-32)19-24(2)27(5)41-10)45-36(40)26(4)18-25(3)33(21-31(17-23)44-29)46-47(11,12)37(7,8)9/h19,22,25-27,29-31,33-34H,1,13-18,20-21H2,2-12H3/b24-19-/t25-,26-,27+,29+,30-,31+,33-,34-/m0/s1. The Labute approximate surface area is 284 Å². The van der Waals surface area contributed by atoms with Crippen LogP contribution in [-0.4, -0.2) is 62.9 Å². The fourth-order valence-electron chi connectivity index (χ4n) is 6.19. The van der Waals surface area contributed by atoms with Crippen molar-refractivity contribution in [1.82, 2.24) is 4.98 Å². The maximum absolute atomic E-state index is 13.8. The quantitative estimate of drug-likeness (QED) is 0.159. The number of cyclic esters (lactones) is 1. The fourth-order valence-corrected chi connectivity index (χ4v) is 7.63. The molecule has 47 heavy (non-hydrogen) atoms. The van der Waals surface area contributed by atoms with E-state index in [1.165, 1.54) is 18.8 Å². The second-order valence-electron chi connectivity index (χ2n) is 15.5. The Bertz CT molecular complexity index is 1230. The van der Waals surface area contributed by atoms with Gasteiger partial charge in [-0.15, -0.1) is 0 Å². The number of aromatic nitrogens is 1. The van der Waals surface area contributed by atoms with Gasteiger partial charge >= 0.3 is 11.9 Å². The molecule has 2 aliphatic rings. The van der Waals surface area contributed by atoms with Gasteiger partial charge in [-0.2, -0.15) is 0 Å². The Kier molecular flexibility index (Phi) is 14.1. The molecule has 3 rings (SSSR count). The van der Waals surface area contributed by atoms with Crippen LogP contribution in [0.15, 0.2) is 28.4 Å². The average Bonchev–Trinajstić information content (AvgIpc) is 3.42. The summed E-state index contributed by atoms with van der Waals surface area (Å²) in [5.74, 6) is -0.624. The monoisotopic (exact) mass is 675 g/mol. The number of esters is 2. The molecule has 2 fully saturated rings. The van der Waals surface area contributed by atoms with Gasteiger partial charge in [0.05, 0.1) is 30.3 Å². The van der Waals surface area contributed by atoms with Gasteiger partial charge in [0.1, 0.15) is 18.1 Å². The van der Waals surface area contributed by atoms with Gasteiger partial charge in [-0.05, 0) is 88.4 Å². The Morgan fingerprint density at radius 2 is 1.79 bits per heavy atom. The van der Waals surface area contributed by atoms with Crippen LogP contribution >= 0.6 is 0 Å². The van der Waals surface area contributed by atoms with Crippen molar-refractivity contribution >= 4 is 26.3 Å². The Hall–Kier alpha value is -2.27. The van der Waals surface area contributed by atoms with Gasteiger partial charge in [0, 0.05) is 26.5 Å². The highest BCUT2D eigenvalue weighted by atomic mass is 28.4. The normalized spacial score (nSPS) is 30.0. The third kappa shape index (κ3) is 11.7. The van der Waals surface area contributed by atoms with E-state index in [1.807, 2.05) is 26.8 Å². The number of rotatable bonds is 7. The molecule has 266 valence electrons. The van der Waals surface area contributed by atoms with Crippen molar-refractivity contribution in [3.63, 3.8) is 0 Å². The van der Waals surface area contributed by atoms with Crippen molar-refractivity contribution in [3.05, 3.63) is 35.6 Å². The largest absolute Gasteiger partial charge is 0.462 e. The van der Waals surface area contributed by atoms with Crippen molar-refractivity contribution in [2.45, 2.75) is 162 Å². The summed E-state index contributed by atoms with van der Waals surface area (Å²) in [5.41, 5.74) is 2.63. The molecule has 10 heteroatoms. The topological polar surface area (TPSA) is 106 Å². The van der Waals surface area contributed by atoms with Gasteiger partial charge in [-0.3, -0.25) is 9.59 Å². The van der Waals surface area contributed by atoms with Crippen molar-refractivity contribution in [2.75, 3.05) is 7.11 Å². The Balaban J connectivity index is 1.95. The van der Waals surface area contributed by atoms with E-state index in [4.69, 9.17) is 27.8 Å². The third-order valence-electron chi connectivity index (χ3n) is 10.3. The molecule has 0 unspecified atom stereocenters. The highest BCUT2D eigenvalue weighted by molar-refractivity contribution is 6.74. The van der Waals surface area contributed by atoms with Crippen LogP contribution in [0.25, 0.3) is 6.08 Å². The molecule has 1 aromatic rings. The summed E-state index contributed by atoms with van der Waals surface area (Å²) >= 11 is 0. The van der Waals surface area contributed by atoms with E-state index in [-0.39, 0.29) is 53.7 Å². The summed E-state index contributed by atoms with van der Waals surface area (Å²) in [7, 11) is -0.469. The van der Waals surface area contributed by atoms with Crippen molar-refractivity contribution in [3.8, 4) is 0 Å². The predicted molar refractivity (Wildman–Crippen MR) is 186 cm³/mol. The second-order valence-corrected chi connectivity index (χ2v) is 20.3. The summed E-state index contributed by atoms with van der Waals surface area (Å²) in [6.45, 7) is 25.1. The number of methoxy groups -OCH3 is 1. The van der Waals surface area contributed by atoms with E-state index in [2.05, 4.69) is 52.4 Å². The van der Waals surface area contributed by atoms with Gasteiger partial charge in [0.15, 0.2) is 14.4 Å². The minimum Gasteiger partial charge on any atom is -0.462 e. The first-order chi connectivity index (χ1) is 21.9. The second kappa shape index (κ2) is 16.9. The van der Waals surface area contributed by atoms with Crippen molar-refractivity contribution in [1.29, 1.82) is 0 Å². The molecule has 0 amide bonds. The number of carbonyl (C=O) groups is 2. The molecular formula is C37H61NO8Si. The van der Waals surface area contributed by atoms with Gasteiger partial charge in [0.25, 0.3) is 0 Å². The summed E-state index contributed by atoms with van der Waals surface area (Å²) < 4.78 is 36.9. The molecule has 2 aliphatic heterocycles. The Morgan fingerprint density at radius 3 is 2.43 bits per heavy atom. The summed E-state index contributed by atoms with van der Waals surface area (Å²) in [4.78, 5) is 30.6. The number of hydrogen-bond acceptors (Lipinski definition) is 9.